The van der Waals surface area contributed by atoms with Gasteiger partial charge in [0.25, 0.3) is 5.91 Å². The highest BCUT2D eigenvalue weighted by Gasteiger charge is 2.26. The molecule has 2 heterocycles. The number of rotatable bonds is 5. The Labute approximate surface area is 173 Å². The summed E-state index contributed by atoms with van der Waals surface area (Å²) >= 11 is 0. The number of esters is 1. The van der Waals surface area contributed by atoms with Crippen molar-refractivity contribution in [1.29, 1.82) is 0 Å². The van der Waals surface area contributed by atoms with E-state index in [0.717, 1.165) is 44.9 Å². The van der Waals surface area contributed by atoms with Crippen LogP contribution in [0.5, 0.6) is 0 Å². The molecule has 0 bridgehead atoms. The third-order valence-electron chi connectivity index (χ3n) is 5.74. The Kier molecular flexibility index (Phi) is 7.29. The predicted octanol–water partition coefficient (Wildman–Crippen LogP) is 2.81. The molecule has 1 aromatic carbocycles. The minimum atomic E-state index is -3.55. The van der Waals surface area contributed by atoms with Crippen LogP contribution in [0.2, 0.25) is 0 Å². The van der Waals surface area contributed by atoms with Crippen molar-refractivity contribution in [2.24, 2.45) is 0 Å². The molecule has 2 saturated heterocycles. The first-order chi connectivity index (χ1) is 13.9. The molecular formula is C21H30N2O5S. The Bertz CT molecular complexity index is 814. The molecule has 0 unspecified atom stereocenters. The minimum Gasteiger partial charge on any atom is -0.452 e. The molecule has 0 saturated carbocycles. The van der Waals surface area contributed by atoms with Crippen molar-refractivity contribution in [3.8, 4) is 0 Å². The van der Waals surface area contributed by atoms with E-state index >= 15 is 0 Å². The molecule has 1 aromatic rings. The van der Waals surface area contributed by atoms with E-state index in [-0.39, 0.29) is 29.0 Å². The molecule has 29 heavy (non-hydrogen) atoms. The SMILES string of the molecule is C[C@H]1CCCCN1C(=O)COC(=O)c1ccc(S(=O)(=O)N2CCCCCC2)cc1. The monoisotopic (exact) mass is 422 g/mol. The predicted molar refractivity (Wildman–Crippen MR) is 109 cm³/mol. The smallest absolute Gasteiger partial charge is 0.338 e. The Balaban J connectivity index is 1.59. The largest absolute Gasteiger partial charge is 0.452 e. The average molecular weight is 423 g/mol. The maximum Gasteiger partial charge on any atom is 0.338 e. The van der Waals surface area contributed by atoms with Gasteiger partial charge in [0.15, 0.2) is 6.61 Å². The van der Waals surface area contributed by atoms with Crippen LogP contribution in [0.25, 0.3) is 0 Å². The number of sulfonamides is 1. The van der Waals surface area contributed by atoms with Gasteiger partial charge in [-0.2, -0.15) is 4.31 Å². The van der Waals surface area contributed by atoms with E-state index in [1.54, 1.807) is 4.90 Å². The summed E-state index contributed by atoms with van der Waals surface area (Å²) in [6, 6.07) is 5.93. The fourth-order valence-corrected chi connectivity index (χ4v) is 5.47. The van der Waals surface area contributed by atoms with Crippen molar-refractivity contribution in [3.05, 3.63) is 29.8 Å². The molecule has 2 aliphatic heterocycles. The lowest BCUT2D eigenvalue weighted by Crippen LogP contribution is -2.44. The summed E-state index contributed by atoms with van der Waals surface area (Å²) in [5, 5.41) is 0. The summed E-state index contributed by atoms with van der Waals surface area (Å²) in [5.41, 5.74) is 0.235. The number of nitrogens with zero attached hydrogens (tertiary/aromatic N) is 2. The van der Waals surface area contributed by atoms with E-state index in [1.165, 1.54) is 28.6 Å². The summed E-state index contributed by atoms with van der Waals surface area (Å²) in [5.74, 6) is -0.812. The summed E-state index contributed by atoms with van der Waals surface area (Å²) in [6.07, 6.45) is 6.87. The van der Waals surface area contributed by atoms with E-state index in [0.29, 0.717) is 19.6 Å². The maximum atomic E-state index is 12.8. The van der Waals surface area contributed by atoms with Crippen LogP contribution in [0.15, 0.2) is 29.2 Å². The molecule has 3 rings (SSSR count). The van der Waals surface area contributed by atoms with Gasteiger partial charge in [-0.1, -0.05) is 12.8 Å². The van der Waals surface area contributed by atoms with E-state index in [1.807, 2.05) is 6.92 Å². The highest BCUT2D eigenvalue weighted by molar-refractivity contribution is 7.89. The van der Waals surface area contributed by atoms with Gasteiger partial charge in [-0.05, 0) is 63.3 Å². The summed E-state index contributed by atoms with van der Waals surface area (Å²) in [7, 11) is -3.55. The van der Waals surface area contributed by atoms with Crippen LogP contribution in [0.1, 0.15) is 62.2 Å². The summed E-state index contributed by atoms with van der Waals surface area (Å²) < 4.78 is 32.3. The molecule has 0 aliphatic carbocycles. The topological polar surface area (TPSA) is 84.0 Å². The second-order valence-electron chi connectivity index (χ2n) is 7.85. The van der Waals surface area contributed by atoms with Crippen LogP contribution in [-0.4, -0.2) is 61.8 Å². The van der Waals surface area contributed by atoms with Gasteiger partial charge in [-0.25, -0.2) is 13.2 Å². The van der Waals surface area contributed by atoms with Crippen LogP contribution in [-0.2, 0) is 19.6 Å². The number of likely N-dealkylation sites (tertiary alicyclic amines) is 1. The van der Waals surface area contributed by atoms with Gasteiger partial charge < -0.3 is 9.64 Å². The van der Waals surface area contributed by atoms with Crippen molar-refractivity contribution in [2.45, 2.75) is 62.8 Å². The van der Waals surface area contributed by atoms with Crippen molar-refractivity contribution < 1.29 is 22.7 Å². The van der Waals surface area contributed by atoms with Crippen LogP contribution in [0, 0.1) is 0 Å². The van der Waals surface area contributed by atoms with E-state index < -0.39 is 16.0 Å². The fourth-order valence-electron chi connectivity index (χ4n) is 3.96. The van der Waals surface area contributed by atoms with Crippen molar-refractivity contribution >= 4 is 21.9 Å². The lowest BCUT2D eigenvalue weighted by Gasteiger charge is -2.33. The number of ether oxygens (including phenoxy) is 1. The van der Waals surface area contributed by atoms with Gasteiger partial charge in [-0.15, -0.1) is 0 Å². The molecule has 0 spiro atoms. The lowest BCUT2D eigenvalue weighted by atomic mass is 10.0. The number of benzene rings is 1. The van der Waals surface area contributed by atoms with Gasteiger partial charge in [0.2, 0.25) is 10.0 Å². The summed E-state index contributed by atoms with van der Waals surface area (Å²) in [6.45, 7) is 3.46. The van der Waals surface area contributed by atoms with Crippen LogP contribution in [0.4, 0.5) is 0 Å². The van der Waals surface area contributed by atoms with Crippen LogP contribution in [0.3, 0.4) is 0 Å². The molecule has 0 aromatic heterocycles. The van der Waals surface area contributed by atoms with Gasteiger partial charge in [0, 0.05) is 25.7 Å². The molecule has 2 aliphatic rings. The third kappa shape index (κ3) is 5.36. The number of carbonyl (C=O) groups is 2. The normalized spacial score (nSPS) is 21.4. The zero-order valence-corrected chi connectivity index (χ0v) is 17.8. The van der Waals surface area contributed by atoms with Gasteiger partial charge in [0.05, 0.1) is 10.5 Å². The van der Waals surface area contributed by atoms with Gasteiger partial charge in [-0.3, -0.25) is 4.79 Å². The Morgan fingerprint density at radius 1 is 0.966 bits per heavy atom. The Morgan fingerprint density at radius 2 is 1.59 bits per heavy atom. The first-order valence-corrected chi connectivity index (χ1v) is 11.9. The van der Waals surface area contributed by atoms with Gasteiger partial charge >= 0.3 is 5.97 Å². The highest BCUT2D eigenvalue weighted by Crippen LogP contribution is 2.21. The quantitative estimate of drug-likeness (QED) is 0.682. The maximum absolute atomic E-state index is 12.8. The Hall–Kier alpha value is -1.93. The third-order valence-corrected chi connectivity index (χ3v) is 7.66. The number of amides is 1. The average Bonchev–Trinajstić information content (AvgIpc) is 3.02. The zero-order chi connectivity index (χ0) is 20.9. The standard InChI is InChI=1S/C21H30N2O5S/c1-17-8-4-7-15-23(17)20(24)16-28-21(25)18-9-11-19(12-10-18)29(26,27)22-13-5-2-3-6-14-22/h9-12,17H,2-8,13-16H2,1H3/t17-/m0/s1. The second kappa shape index (κ2) is 9.71. The molecule has 160 valence electrons. The molecule has 7 nitrogen and oxygen atoms in total. The Morgan fingerprint density at radius 3 is 2.21 bits per heavy atom. The van der Waals surface area contributed by atoms with E-state index in [2.05, 4.69) is 0 Å². The summed E-state index contributed by atoms with van der Waals surface area (Å²) in [4.78, 5) is 26.5. The van der Waals surface area contributed by atoms with Crippen LogP contribution < -0.4 is 0 Å². The zero-order valence-electron chi connectivity index (χ0n) is 17.0. The highest BCUT2D eigenvalue weighted by atomic mass is 32.2. The van der Waals surface area contributed by atoms with E-state index in [4.69, 9.17) is 4.74 Å². The molecular weight excluding hydrogens is 392 g/mol. The first-order valence-electron chi connectivity index (χ1n) is 10.5. The first kappa shape index (κ1) is 21.8. The van der Waals surface area contributed by atoms with Crippen molar-refractivity contribution in [1.82, 2.24) is 9.21 Å². The second-order valence-corrected chi connectivity index (χ2v) is 9.79. The number of hydrogen-bond acceptors (Lipinski definition) is 5. The molecule has 0 N–H and O–H groups in total. The van der Waals surface area contributed by atoms with Crippen LogP contribution >= 0.6 is 0 Å². The van der Waals surface area contributed by atoms with Crippen molar-refractivity contribution in [3.63, 3.8) is 0 Å². The fraction of sp³-hybridized carbons (Fsp3) is 0.619. The van der Waals surface area contributed by atoms with E-state index in [9.17, 15) is 18.0 Å². The molecule has 2 fully saturated rings. The molecule has 8 heteroatoms. The molecule has 1 atom stereocenters. The number of hydrogen-bond donors (Lipinski definition) is 0. The molecule has 0 radical (unpaired) electrons. The number of carbonyl (C=O) groups excluding carboxylic acids is 2. The van der Waals surface area contributed by atoms with Crippen molar-refractivity contribution in [2.75, 3.05) is 26.2 Å². The molecule has 1 amide bonds. The minimum absolute atomic E-state index is 0.165. The van der Waals surface area contributed by atoms with Gasteiger partial charge in [0.1, 0.15) is 0 Å². The number of piperidine rings is 1. The lowest BCUT2D eigenvalue weighted by molar-refractivity contribution is -0.137.